The number of rotatable bonds is 4. The first kappa shape index (κ1) is 17.5. The lowest BCUT2D eigenvalue weighted by molar-refractivity contribution is -0.379. The Balaban J connectivity index is 5.68. The molecule has 0 amide bonds. The molecule has 0 bridgehead atoms. The molecule has 0 rings (SSSR count). The quantitative estimate of drug-likeness (QED) is 0.777. The van der Waals surface area contributed by atoms with E-state index >= 15 is 0 Å². The van der Waals surface area contributed by atoms with Crippen molar-refractivity contribution in [3.8, 4) is 0 Å². The lowest BCUT2D eigenvalue weighted by Gasteiger charge is -2.41. The summed E-state index contributed by atoms with van der Waals surface area (Å²) in [6.07, 6.45) is -11.6. The van der Waals surface area contributed by atoms with Crippen molar-refractivity contribution in [2.75, 3.05) is 0 Å². The smallest absolute Gasteiger partial charge is 0.372 e. The molecule has 2 N–H and O–H groups in total. The van der Waals surface area contributed by atoms with E-state index in [1.54, 1.807) is 0 Å². The molecule has 1 atom stereocenters. The first-order chi connectivity index (χ1) is 7.75. The molecule has 0 aliphatic carbocycles. The fourth-order valence-electron chi connectivity index (χ4n) is 1.67. The average Bonchev–Trinajstić information content (AvgIpc) is 2.08. The monoisotopic (exact) mass is 281 g/mol. The van der Waals surface area contributed by atoms with Crippen molar-refractivity contribution >= 4 is 0 Å². The number of nitrogens with one attached hydrogen (secondary N) is 1. The molecule has 0 saturated heterocycles. The second kappa shape index (κ2) is 5.24. The topological polar surface area (TPSA) is 32.3 Å². The minimum atomic E-state index is -5.80. The van der Waals surface area contributed by atoms with E-state index in [0.717, 1.165) is 0 Å². The molecule has 0 aromatic rings. The zero-order valence-corrected chi connectivity index (χ0v) is 10.4. The summed E-state index contributed by atoms with van der Waals surface area (Å²) in [6, 6.07) is -2.80. The molecule has 0 heterocycles. The zero-order chi connectivity index (χ0) is 14.9. The molecule has 0 radical (unpaired) electrons. The molecule has 18 heavy (non-hydrogen) atoms. The third-order valence-corrected chi connectivity index (χ3v) is 2.49. The number of hydrogen-bond acceptors (Lipinski definition) is 2. The molecule has 8 heteroatoms. The lowest BCUT2D eigenvalue weighted by Crippen LogP contribution is -2.70. The van der Waals surface area contributed by atoms with E-state index in [9.17, 15) is 31.4 Å². The van der Waals surface area contributed by atoms with Crippen LogP contribution in [0.2, 0.25) is 0 Å². The van der Waals surface area contributed by atoms with E-state index in [1.807, 2.05) is 0 Å². The molecular weight excluding hydrogens is 264 g/mol. The van der Waals surface area contributed by atoms with Crippen LogP contribution < -0.4 is 5.32 Å². The molecule has 2 nitrogen and oxygen atoms in total. The van der Waals surface area contributed by atoms with Crippen molar-refractivity contribution in [3.05, 3.63) is 0 Å². The molecule has 110 valence electrons. The van der Waals surface area contributed by atoms with E-state index in [1.165, 1.54) is 27.7 Å². The maximum atomic E-state index is 12.7. The Labute approximate surface area is 101 Å². The van der Waals surface area contributed by atoms with Gasteiger partial charge in [-0.05, 0) is 5.92 Å². The highest BCUT2D eigenvalue weighted by molar-refractivity contribution is 5.04. The summed E-state index contributed by atoms with van der Waals surface area (Å²) in [6.45, 7) is 5.18. The van der Waals surface area contributed by atoms with Crippen LogP contribution in [0.25, 0.3) is 0 Å². The van der Waals surface area contributed by atoms with Crippen LogP contribution >= 0.6 is 0 Å². The molecule has 0 saturated carbocycles. The molecule has 0 spiro atoms. The Morgan fingerprint density at radius 1 is 0.833 bits per heavy atom. The second-order valence-corrected chi connectivity index (χ2v) is 4.80. The van der Waals surface area contributed by atoms with Crippen molar-refractivity contribution in [2.45, 2.75) is 57.7 Å². The third-order valence-electron chi connectivity index (χ3n) is 2.49. The second-order valence-electron chi connectivity index (χ2n) is 4.80. The van der Waals surface area contributed by atoms with Gasteiger partial charge < -0.3 is 10.4 Å². The number of aliphatic hydroxyl groups is 1. The summed E-state index contributed by atoms with van der Waals surface area (Å²) in [5, 5.41) is 11.4. The largest absolute Gasteiger partial charge is 0.427 e. The molecule has 0 aromatic heterocycles. The van der Waals surface area contributed by atoms with Crippen LogP contribution in [0.1, 0.15) is 27.7 Å². The number of halogens is 6. The van der Waals surface area contributed by atoms with Gasteiger partial charge in [0.15, 0.2) is 0 Å². The summed E-state index contributed by atoms with van der Waals surface area (Å²) in [5.74, 6) is -1.05. The predicted molar refractivity (Wildman–Crippen MR) is 54.0 cm³/mol. The van der Waals surface area contributed by atoms with Gasteiger partial charge >= 0.3 is 12.4 Å². The van der Waals surface area contributed by atoms with E-state index in [-0.39, 0.29) is 0 Å². The normalized spacial score (nSPS) is 16.5. The highest BCUT2D eigenvalue weighted by atomic mass is 19.4. The van der Waals surface area contributed by atoms with Crippen LogP contribution in [0, 0.1) is 5.92 Å². The fourth-order valence-corrected chi connectivity index (χ4v) is 1.67. The van der Waals surface area contributed by atoms with Gasteiger partial charge in [0, 0.05) is 6.04 Å². The summed E-state index contributed by atoms with van der Waals surface area (Å²) in [4.78, 5) is 0. The maximum absolute atomic E-state index is 12.7. The first-order valence-electron chi connectivity index (χ1n) is 5.37. The van der Waals surface area contributed by atoms with E-state index < -0.39 is 36.0 Å². The third kappa shape index (κ3) is 3.28. The standard InChI is InChI=1S/C10H17F6NO/c1-5(2)7(17-6(3)4)8(18,9(11,12)13)10(14,15)16/h5-7,17-18H,1-4H3/t7-/m0/s1. The van der Waals surface area contributed by atoms with Crippen LogP contribution in [0.5, 0.6) is 0 Å². The van der Waals surface area contributed by atoms with Crippen molar-refractivity contribution in [2.24, 2.45) is 5.92 Å². The van der Waals surface area contributed by atoms with Gasteiger partial charge in [-0.2, -0.15) is 26.3 Å². The highest BCUT2D eigenvalue weighted by Gasteiger charge is 2.74. The predicted octanol–water partition coefficient (Wildman–Crippen LogP) is 2.86. The fraction of sp³-hybridized carbons (Fsp3) is 1.00. The summed E-state index contributed by atoms with van der Waals surface area (Å²) in [5.41, 5.74) is -4.77. The molecule has 0 aliphatic heterocycles. The van der Waals surface area contributed by atoms with E-state index in [2.05, 4.69) is 5.32 Å². The van der Waals surface area contributed by atoms with Gasteiger partial charge in [-0.15, -0.1) is 0 Å². The van der Waals surface area contributed by atoms with Gasteiger partial charge in [-0.3, -0.25) is 0 Å². The Morgan fingerprint density at radius 2 is 1.17 bits per heavy atom. The molecule has 0 fully saturated rings. The van der Waals surface area contributed by atoms with Crippen LogP contribution in [0.4, 0.5) is 26.3 Å². The van der Waals surface area contributed by atoms with Gasteiger partial charge in [0.2, 0.25) is 0 Å². The van der Waals surface area contributed by atoms with Crippen LogP contribution in [0.3, 0.4) is 0 Å². The van der Waals surface area contributed by atoms with Gasteiger partial charge in [0.25, 0.3) is 5.60 Å². The van der Waals surface area contributed by atoms with Crippen molar-refractivity contribution < 1.29 is 31.4 Å². The van der Waals surface area contributed by atoms with Gasteiger partial charge in [0.1, 0.15) is 0 Å². The Hall–Kier alpha value is -0.500. The van der Waals surface area contributed by atoms with Crippen molar-refractivity contribution in [3.63, 3.8) is 0 Å². The van der Waals surface area contributed by atoms with E-state index in [4.69, 9.17) is 0 Å². The Morgan fingerprint density at radius 3 is 1.33 bits per heavy atom. The lowest BCUT2D eigenvalue weighted by atomic mass is 9.84. The molecule has 0 aromatic carbocycles. The van der Waals surface area contributed by atoms with Crippen LogP contribution in [-0.4, -0.2) is 35.1 Å². The van der Waals surface area contributed by atoms with Crippen molar-refractivity contribution in [1.29, 1.82) is 0 Å². The minimum Gasteiger partial charge on any atom is -0.372 e. The first-order valence-corrected chi connectivity index (χ1v) is 5.37. The Bertz CT molecular complexity index is 257. The van der Waals surface area contributed by atoms with Gasteiger partial charge in [-0.1, -0.05) is 27.7 Å². The number of hydrogen-bond donors (Lipinski definition) is 2. The summed E-state index contributed by atoms with van der Waals surface area (Å²) in [7, 11) is 0. The zero-order valence-electron chi connectivity index (χ0n) is 10.4. The summed E-state index contributed by atoms with van der Waals surface area (Å²) >= 11 is 0. The minimum absolute atomic E-state index is 0.631. The molecule has 0 aliphatic rings. The van der Waals surface area contributed by atoms with E-state index in [0.29, 0.717) is 0 Å². The SMILES string of the molecule is CC(C)N[C@@H](C(C)C)C(O)(C(F)(F)F)C(F)(F)F. The summed E-state index contributed by atoms with van der Waals surface area (Å²) < 4.78 is 75.9. The van der Waals surface area contributed by atoms with Crippen LogP contribution in [-0.2, 0) is 0 Å². The highest BCUT2D eigenvalue weighted by Crippen LogP contribution is 2.46. The maximum Gasteiger partial charge on any atom is 0.427 e. The van der Waals surface area contributed by atoms with Gasteiger partial charge in [-0.25, -0.2) is 0 Å². The number of alkyl halides is 6. The average molecular weight is 281 g/mol. The Kier molecular flexibility index (Phi) is 5.10. The molecular formula is C10H17F6NO. The van der Waals surface area contributed by atoms with Crippen molar-refractivity contribution in [1.82, 2.24) is 5.32 Å². The van der Waals surface area contributed by atoms with Crippen LogP contribution in [0.15, 0.2) is 0 Å². The molecule has 0 unspecified atom stereocenters. The van der Waals surface area contributed by atoms with Gasteiger partial charge in [0.05, 0.1) is 6.04 Å².